The molecule has 0 aliphatic heterocycles. The summed E-state index contributed by atoms with van der Waals surface area (Å²) in [6.07, 6.45) is 7.46. The zero-order valence-corrected chi connectivity index (χ0v) is 26.9. The van der Waals surface area contributed by atoms with Gasteiger partial charge in [0.25, 0.3) is 0 Å². The molecule has 0 fully saturated rings. The lowest BCUT2D eigenvalue weighted by molar-refractivity contribution is 1.06. The van der Waals surface area contributed by atoms with Gasteiger partial charge in [-0.1, -0.05) is 132 Å². The molecule has 2 heterocycles. The number of hydrogen-bond donors (Lipinski definition) is 0. The molecule has 0 N–H and O–H groups in total. The summed E-state index contributed by atoms with van der Waals surface area (Å²) < 4.78 is 2.31. The van der Waals surface area contributed by atoms with Crippen molar-refractivity contribution in [3.63, 3.8) is 0 Å². The van der Waals surface area contributed by atoms with Crippen LogP contribution in [0.5, 0.6) is 0 Å². The van der Waals surface area contributed by atoms with Crippen LogP contribution in [0.25, 0.3) is 56.2 Å². The maximum absolute atomic E-state index is 4.96. The highest BCUT2D eigenvalue weighted by atomic mass is 15.0. The maximum atomic E-state index is 4.96. The Kier molecular flexibility index (Phi) is 13.1. The maximum Gasteiger partial charge on any atom is 0.160 e. The molecule has 6 aromatic rings. The molecule has 44 heavy (non-hydrogen) atoms. The molecule has 4 aromatic carbocycles. The molecule has 6 rings (SSSR count). The summed E-state index contributed by atoms with van der Waals surface area (Å²) in [4.78, 5) is 9.85. The van der Waals surface area contributed by atoms with E-state index >= 15 is 0 Å². The van der Waals surface area contributed by atoms with Crippen LogP contribution in [-0.2, 0) is 6.42 Å². The van der Waals surface area contributed by atoms with Gasteiger partial charge in [-0.15, -0.1) is 13.2 Å². The molecule has 0 saturated heterocycles. The summed E-state index contributed by atoms with van der Waals surface area (Å²) >= 11 is 0. The summed E-state index contributed by atoms with van der Waals surface area (Å²) in [6, 6.07) is 35.7. The van der Waals surface area contributed by atoms with Crippen LogP contribution in [-0.4, -0.2) is 14.5 Å². The van der Waals surface area contributed by atoms with Gasteiger partial charge in [0.15, 0.2) is 5.82 Å². The first-order valence-electron chi connectivity index (χ1n) is 15.6. The van der Waals surface area contributed by atoms with E-state index in [1.54, 1.807) is 0 Å². The highest BCUT2D eigenvalue weighted by Gasteiger charge is 2.15. The number of aromatic nitrogens is 3. The van der Waals surface area contributed by atoms with E-state index in [-0.39, 0.29) is 0 Å². The molecular formula is C41H45N3. The molecule has 0 atom stereocenters. The third-order valence-electron chi connectivity index (χ3n) is 6.80. The van der Waals surface area contributed by atoms with Gasteiger partial charge >= 0.3 is 0 Å². The van der Waals surface area contributed by atoms with Crippen LogP contribution in [0.2, 0.25) is 0 Å². The molecule has 0 spiro atoms. The predicted octanol–water partition coefficient (Wildman–Crippen LogP) is 11.9. The lowest BCUT2D eigenvalue weighted by atomic mass is 10.1. The molecule has 224 valence electrons. The van der Waals surface area contributed by atoms with Crippen LogP contribution in [0.1, 0.15) is 52.3 Å². The Balaban J connectivity index is 0.000000603. The molecule has 0 bridgehead atoms. The van der Waals surface area contributed by atoms with Crippen molar-refractivity contribution < 1.29 is 0 Å². The Morgan fingerprint density at radius 1 is 0.659 bits per heavy atom. The second-order valence-corrected chi connectivity index (χ2v) is 9.47. The molecule has 0 unspecified atom stereocenters. The Morgan fingerprint density at radius 3 is 1.98 bits per heavy atom. The molecule has 3 nitrogen and oxygen atoms in total. The smallest absolute Gasteiger partial charge is 0.160 e. The fraction of sp³-hybridized carbons (Fsp3) is 0.171. The van der Waals surface area contributed by atoms with E-state index in [9.17, 15) is 0 Å². The van der Waals surface area contributed by atoms with Crippen molar-refractivity contribution in [1.29, 1.82) is 0 Å². The third kappa shape index (κ3) is 7.48. The van der Waals surface area contributed by atoms with Crippen molar-refractivity contribution in [2.24, 2.45) is 0 Å². The van der Waals surface area contributed by atoms with Crippen molar-refractivity contribution in [3.8, 4) is 28.3 Å². The van der Waals surface area contributed by atoms with Crippen LogP contribution in [0, 0.1) is 0 Å². The molecule has 0 amide bonds. The summed E-state index contributed by atoms with van der Waals surface area (Å²) in [5.41, 5.74) is 8.42. The summed E-state index contributed by atoms with van der Waals surface area (Å²) in [5.74, 6) is 0.711. The summed E-state index contributed by atoms with van der Waals surface area (Å²) in [5, 5.41) is 2.42. The average Bonchev–Trinajstić information content (AvgIpc) is 3.45. The number of para-hydroxylation sites is 1. The van der Waals surface area contributed by atoms with Crippen molar-refractivity contribution in [2.45, 2.75) is 47.5 Å². The SMILES string of the molecule is C=CCC.C=CCc1cc(-c2ccccc2)nc(-c2cccc(-n3c4ccccc4c4c(C=C)cccc43)c2)n1.CC.CC. The molecule has 3 heteroatoms. The highest BCUT2D eigenvalue weighted by Crippen LogP contribution is 2.35. The molecule has 0 aliphatic rings. The monoisotopic (exact) mass is 579 g/mol. The minimum absolute atomic E-state index is 0.687. The van der Waals surface area contributed by atoms with E-state index < -0.39 is 0 Å². The zero-order valence-electron chi connectivity index (χ0n) is 26.9. The number of hydrogen-bond acceptors (Lipinski definition) is 2. The van der Waals surface area contributed by atoms with E-state index in [0.717, 1.165) is 51.2 Å². The van der Waals surface area contributed by atoms with Gasteiger partial charge in [0.1, 0.15) is 0 Å². The van der Waals surface area contributed by atoms with Crippen LogP contribution in [0.3, 0.4) is 0 Å². The second-order valence-electron chi connectivity index (χ2n) is 9.47. The van der Waals surface area contributed by atoms with Gasteiger partial charge in [0, 0.05) is 39.7 Å². The van der Waals surface area contributed by atoms with Crippen molar-refractivity contribution >= 4 is 27.9 Å². The number of rotatable bonds is 7. The fourth-order valence-corrected chi connectivity index (χ4v) is 4.92. The lowest BCUT2D eigenvalue weighted by Crippen LogP contribution is -1.99. The molecule has 2 aromatic heterocycles. The van der Waals surface area contributed by atoms with E-state index in [2.05, 4.69) is 110 Å². The van der Waals surface area contributed by atoms with Crippen LogP contribution in [0.15, 0.2) is 135 Å². The van der Waals surface area contributed by atoms with E-state index in [1.807, 2.05) is 70.2 Å². The highest BCUT2D eigenvalue weighted by molar-refractivity contribution is 6.12. The van der Waals surface area contributed by atoms with E-state index in [4.69, 9.17) is 9.97 Å². The predicted molar refractivity (Wildman–Crippen MR) is 194 cm³/mol. The largest absolute Gasteiger partial charge is 0.309 e. The first-order valence-corrected chi connectivity index (χ1v) is 15.6. The van der Waals surface area contributed by atoms with Crippen molar-refractivity contribution in [3.05, 3.63) is 146 Å². The fourth-order valence-electron chi connectivity index (χ4n) is 4.92. The number of benzene rings is 4. The van der Waals surface area contributed by atoms with Crippen molar-refractivity contribution in [1.82, 2.24) is 14.5 Å². The van der Waals surface area contributed by atoms with Gasteiger partial charge < -0.3 is 4.57 Å². The van der Waals surface area contributed by atoms with Gasteiger partial charge in [-0.05, 0) is 42.3 Å². The van der Waals surface area contributed by atoms with Gasteiger partial charge in [0.2, 0.25) is 0 Å². The standard InChI is InChI=1S/C33H25N3.C4H8.2C2H6/c1-3-12-26-22-29(24-13-6-5-7-14-24)35-33(34-26)25-16-10-17-27(21-25)36-30-19-9-8-18-28(30)32-23(4-2)15-11-20-31(32)36;1-3-4-2;2*1-2/h3-11,13-22H,1-2,12H2;3H,1,4H2,2H3;2*1-2H3. The van der Waals surface area contributed by atoms with E-state index in [0.29, 0.717) is 12.2 Å². The average molecular weight is 580 g/mol. The van der Waals surface area contributed by atoms with Gasteiger partial charge in [-0.3, -0.25) is 0 Å². The van der Waals surface area contributed by atoms with Crippen molar-refractivity contribution in [2.75, 3.05) is 0 Å². The van der Waals surface area contributed by atoms with Gasteiger partial charge in [-0.2, -0.15) is 0 Å². The molecule has 0 radical (unpaired) electrons. The minimum atomic E-state index is 0.687. The Morgan fingerprint density at radius 2 is 1.30 bits per heavy atom. The van der Waals surface area contributed by atoms with Crippen LogP contribution >= 0.6 is 0 Å². The second kappa shape index (κ2) is 17.2. The van der Waals surface area contributed by atoms with Crippen LogP contribution in [0.4, 0.5) is 0 Å². The minimum Gasteiger partial charge on any atom is -0.309 e. The first-order chi connectivity index (χ1) is 21.7. The molecule has 0 aliphatic carbocycles. The third-order valence-corrected chi connectivity index (χ3v) is 6.80. The Hall–Kier alpha value is -5.02. The normalized spacial score (nSPS) is 9.93. The zero-order chi connectivity index (χ0) is 31.9. The molecule has 0 saturated carbocycles. The number of allylic oxidation sites excluding steroid dienone is 2. The topological polar surface area (TPSA) is 30.7 Å². The Bertz CT molecular complexity index is 1810. The number of fused-ring (bicyclic) bond motifs is 3. The Labute approximate surface area is 264 Å². The van der Waals surface area contributed by atoms with Crippen LogP contribution < -0.4 is 0 Å². The first kappa shape index (κ1) is 33.5. The summed E-state index contributed by atoms with van der Waals surface area (Å²) in [6.45, 7) is 21.5. The lowest BCUT2D eigenvalue weighted by Gasteiger charge is -2.11. The van der Waals surface area contributed by atoms with E-state index in [1.165, 1.54) is 10.8 Å². The van der Waals surface area contributed by atoms with Gasteiger partial charge in [-0.25, -0.2) is 9.97 Å². The summed E-state index contributed by atoms with van der Waals surface area (Å²) in [7, 11) is 0. The van der Waals surface area contributed by atoms with Gasteiger partial charge in [0.05, 0.1) is 16.7 Å². The number of nitrogens with zero attached hydrogens (tertiary/aromatic N) is 3. The molecular weight excluding hydrogens is 534 g/mol. The quantitative estimate of drug-likeness (QED) is 0.176.